The van der Waals surface area contributed by atoms with E-state index in [1.54, 1.807) is 34.8 Å². The molecule has 1 aliphatic carbocycles. The summed E-state index contributed by atoms with van der Waals surface area (Å²) < 4.78 is 20.2. The lowest BCUT2D eigenvalue weighted by molar-refractivity contribution is -0.118. The van der Waals surface area contributed by atoms with Crippen molar-refractivity contribution >= 4 is 43.8 Å². The van der Waals surface area contributed by atoms with Crippen molar-refractivity contribution in [2.75, 3.05) is 11.9 Å². The average molecular weight is 439 g/mol. The predicted molar refractivity (Wildman–Crippen MR) is 120 cm³/mol. The van der Waals surface area contributed by atoms with Crippen molar-refractivity contribution in [3.8, 4) is 16.3 Å². The van der Waals surface area contributed by atoms with Crippen LogP contribution in [0.25, 0.3) is 20.8 Å². The molecular formula is C23H19FN2O2S2. The molecule has 4 nitrogen and oxygen atoms in total. The number of fused-ring (bicyclic) bond motifs is 2. The number of nitrogens with zero attached hydrogens (tertiary/aromatic N) is 1. The van der Waals surface area contributed by atoms with Crippen LogP contribution < -0.4 is 10.1 Å². The maximum absolute atomic E-state index is 13.7. The third-order valence-corrected chi connectivity index (χ3v) is 7.39. The minimum Gasteiger partial charge on any atom is -0.481 e. The van der Waals surface area contributed by atoms with Gasteiger partial charge in [0.2, 0.25) is 0 Å². The van der Waals surface area contributed by atoms with E-state index in [2.05, 4.69) is 11.4 Å². The molecule has 1 amide bonds. The van der Waals surface area contributed by atoms with Crippen LogP contribution >= 0.6 is 22.7 Å². The largest absolute Gasteiger partial charge is 0.481 e. The number of hydrogen-bond acceptors (Lipinski definition) is 5. The Bertz CT molecular complexity index is 1200. The third kappa shape index (κ3) is 3.70. The summed E-state index contributed by atoms with van der Waals surface area (Å²) >= 11 is 3.27. The molecule has 2 heterocycles. The molecule has 0 radical (unpaired) electrons. The lowest BCUT2D eigenvalue weighted by atomic mass is 9.96. The van der Waals surface area contributed by atoms with Crippen LogP contribution in [-0.4, -0.2) is 17.5 Å². The van der Waals surface area contributed by atoms with Crippen LogP contribution in [-0.2, 0) is 17.6 Å². The van der Waals surface area contributed by atoms with E-state index in [1.165, 1.54) is 22.6 Å². The number of halogens is 1. The molecule has 152 valence electrons. The van der Waals surface area contributed by atoms with Crippen molar-refractivity contribution in [3.63, 3.8) is 0 Å². The van der Waals surface area contributed by atoms with Crippen molar-refractivity contribution < 1.29 is 13.9 Å². The number of rotatable bonds is 5. The van der Waals surface area contributed by atoms with Gasteiger partial charge in [-0.05, 0) is 55.5 Å². The van der Waals surface area contributed by atoms with Gasteiger partial charge in [-0.25, -0.2) is 9.37 Å². The minimum atomic E-state index is -0.480. The fraction of sp³-hybridized carbons (Fsp3) is 0.217. The van der Waals surface area contributed by atoms with Crippen LogP contribution in [0.4, 0.5) is 9.39 Å². The zero-order chi connectivity index (χ0) is 20.5. The van der Waals surface area contributed by atoms with E-state index in [-0.39, 0.29) is 18.3 Å². The van der Waals surface area contributed by atoms with Crippen LogP contribution in [0.3, 0.4) is 0 Å². The highest BCUT2D eigenvalue weighted by Crippen LogP contribution is 2.46. The molecule has 0 atom stereocenters. The first kappa shape index (κ1) is 19.2. The van der Waals surface area contributed by atoms with Gasteiger partial charge in [0.15, 0.2) is 18.2 Å². The zero-order valence-corrected chi connectivity index (χ0v) is 17.7. The van der Waals surface area contributed by atoms with Gasteiger partial charge in [-0.3, -0.25) is 4.79 Å². The van der Waals surface area contributed by atoms with Gasteiger partial charge >= 0.3 is 0 Å². The number of para-hydroxylation sites is 2. The molecule has 0 saturated carbocycles. The molecule has 0 unspecified atom stereocenters. The summed E-state index contributed by atoms with van der Waals surface area (Å²) in [6.45, 7) is -0.247. The van der Waals surface area contributed by atoms with E-state index in [0.29, 0.717) is 0 Å². The number of aromatic nitrogens is 1. The van der Waals surface area contributed by atoms with Crippen molar-refractivity contribution in [2.45, 2.75) is 25.7 Å². The minimum absolute atomic E-state index is 0.0736. The smallest absolute Gasteiger partial charge is 0.262 e. The number of amides is 1. The number of thiophene rings is 1. The van der Waals surface area contributed by atoms with Gasteiger partial charge in [0, 0.05) is 10.4 Å². The SMILES string of the molecule is O=C(COc1ccccc1F)Nc1sc2c(c1-c1nc3ccccc3s1)CCCC2. The molecule has 5 rings (SSSR count). The van der Waals surface area contributed by atoms with Crippen molar-refractivity contribution in [1.29, 1.82) is 0 Å². The Morgan fingerprint density at radius 2 is 1.87 bits per heavy atom. The number of thiazole rings is 1. The van der Waals surface area contributed by atoms with Gasteiger partial charge in [0.1, 0.15) is 10.0 Å². The van der Waals surface area contributed by atoms with Gasteiger partial charge in [-0.15, -0.1) is 22.7 Å². The molecule has 30 heavy (non-hydrogen) atoms. The fourth-order valence-electron chi connectivity index (χ4n) is 3.73. The predicted octanol–water partition coefficient (Wildman–Crippen LogP) is 6.06. The number of carbonyl (C=O) groups excluding carboxylic acids is 1. The Hall–Kier alpha value is -2.77. The molecule has 4 aromatic rings. The Morgan fingerprint density at radius 3 is 2.73 bits per heavy atom. The Morgan fingerprint density at radius 1 is 1.07 bits per heavy atom. The summed E-state index contributed by atoms with van der Waals surface area (Å²) in [5.74, 6) is -0.712. The van der Waals surface area contributed by atoms with Gasteiger partial charge in [-0.2, -0.15) is 0 Å². The van der Waals surface area contributed by atoms with Crippen LogP contribution in [0.15, 0.2) is 48.5 Å². The quantitative estimate of drug-likeness (QED) is 0.412. The van der Waals surface area contributed by atoms with Gasteiger partial charge in [-0.1, -0.05) is 24.3 Å². The maximum atomic E-state index is 13.7. The van der Waals surface area contributed by atoms with E-state index in [1.807, 2.05) is 18.2 Å². The molecule has 2 aromatic heterocycles. The second-order valence-corrected chi connectivity index (χ2v) is 9.30. The second-order valence-electron chi connectivity index (χ2n) is 7.17. The summed E-state index contributed by atoms with van der Waals surface area (Å²) in [5.41, 5.74) is 3.30. The molecule has 0 spiro atoms. The highest BCUT2D eigenvalue weighted by atomic mass is 32.1. The first-order valence-electron chi connectivity index (χ1n) is 9.86. The fourth-order valence-corrected chi connectivity index (χ4v) is 6.14. The molecule has 0 bridgehead atoms. The van der Waals surface area contributed by atoms with Crippen LogP contribution in [0.2, 0.25) is 0 Å². The standard InChI is InChI=1S/C23H19FN2O2S2/c24-15-8-2-4-10-17(15)28-13-20(27)26-23-21(14-7-1-5-11-18(14)29-23)22-25-16-9-3-6-12-19(16)30-22/h2-4,6,8-10,12H,1,5,7,11,13H2,(H,26,27). The van der Waals surface area contributed by atoms with E-state index < -0.39 is 5.82 Å². The normalized spacial score (nSPS) is 13.2. The molecule has 0 aliphatic heterocycles. The zero-order valence-electron chi connectivity index (χ0n) is 16.1. The van der Waals surface area contributed by atoms with Gasteiger partial charge < -0.3 is 10.1 Å². The number of nitrogens with one attached hydrogen (secondary N) is 1. The lowest BCUT2D eigenvalue weighted by Crippen LogP contribution is -2.20. The van der Waals surface area contributed by atoms with E-state index in [0.717, 1.165) is 51.5 Å². The Labute approximate surface area is 181 Å². The number of benzene rings is 2. The summed E-state index contributed by atoms with van der Waals surface area (Å²) in [6.07, 6.45) is 4.33. The molecule has 0 fully saturated rings. The highest BCUT2D eigenvalue weighted by Gasteiger charge is 2.25. The molecule has 1 aliphatic rings. The van der Waals surface area contributed by atoms with Crippen molar-refractivity contribution in [1.82, 2.24) is 4.98 Å². The van der Waals surface area contributed by atoms with E-state index in [9.17, 15) is 9.18 Å². The average Bonchev–Trinajstić information content (AvgIpc) is 3.33. The number of ether oxygens (including phenoxy) is 1. The van der Waals surface area contributed by atoms with Crippen LogP contribution in [0, 0.1) is 5.82 Å². The number of aryl methyl sites for hydroxylation is 1. The molecule has 1 N–H and O–H groups in total. The highest BCUT2D eigenvalue weighted by molar-refractivity contribution is 7.22. The molecule has 0 saturated heterocycles. The maximum Gasteiger partial charge on any atom is 0.262 e. The third-order valence-electron chi connectivity index (χ3n) is 5.13. The molecular weight excluding hydrogens is 419 g/mol. The van der Waals surface area contributed by atoms with Crippen LogP contribution in [0.1, 0.15) is 23.3 Å². The Kier molecular flexibility index (Phi) is 5.23. The Balaban J connectivity index is 1.44. The monoisotopic (exact) mass is 438 g/mol. The van der Waals surface area contributed by atoms with Gasteiger partial charge in [0.25, 0.3) is 5.91 Å². The van der Waals surface area contributed by atoms with Crippen molar-refractivity contribution in [2.24, 2.45) is 0 Å². The second kappa shape index (κ2) is 8.16. The first-order valence-corrected chi connectivity index (χ1v) is 11.5. The summed E-state index contributed by atoms with van der Waals surface area (Å²) in [4.78, 5) is 18.7. The van der Waals surface area contributed by atoms with Gasteiger partial charge in [0.05, 0.1) is 10.2 Å². The lowest BCUT2D eigenvalue weighted by Gasteiger charge is -2.12. The summed E-state index contributed by atoms with van der Waals surface area (Å²) in [7, 11) is 0. The first-order chi connectivity index (χ1) is 14.7. The molecule has 2 aromatic carbocycles. The number of carbonyl (C=O) groups is 1. The van der Waals surface area contributed by atoms with Crippen LogP contribution in [0.5, 0.6) is 5.75 Å². The number of hydrogen-bond donors (Lipinski definition) is 1. The van der Waals surface area contributed by atoms with E-state index in [4.69, 9.17) is 9.72 Å². The van der Waals surface area contributed by atoms with Crippen molar-refractivity contribution in [3.05, 3.63) is 64.8 Å². The molecule has 7 heteroatoms. The summed E-state index contributed by atoms with van der Waals surface area (Å²) in [5, 5.41) is 4.74. The topological polar surface area (TPSA) is 51.2 Å². The summed E-state index contributed by atoms with van der Waals surface area (Å²) in [6, 6.07) is 14.2. The van der Waals surface area contributed by atoms with E-state index >= 15 is 0 Å². The number of anilines is 1.